The van der Waals surface area contributed by atoms with E-state index in [2.05, 4.69) is 10.6 Å². The van der Waals surface area contributed by atoms with Gasteiger partial charge in [-0.15, -0.1) is 4.91 Å². The Hall–Kier alpha value is -1.33. The molecule has 0 aliphatic carbocycles. The van der Waals surface area contributed by atoms with Crippen LogP contribution < -0.4 is 5.32 Å². The summed E-state index contributed by atoms with van der Waals surface area (Å²) >= 11 is 0. The second-order valence-electron chi connectivity index (χ2n) is 3.63. The molecule has 0 aromatic heterocycles. The Labute approximate surface area is 83.2 Å². The van der Waals surface area contributed by atoms with Crippen LogP contribution in [0.3, 0.4) is 0 Å². The number of amides is 2. The van der Waals surface area contributed by atoms with Crippen LogP contribution in [0.15, 0.2) is 5.29 Å². The maximum Gasteiger partial charge on any atom is 0.317 e. The molecule has 1 rings (SSSR count). The standard InChI is InChI=1S/C8H16N4O2/c1-7(2)9-8(13)11-3-5-12(10-14)6-4-11/h7H,3-6H2,1-2H3,(H,9,13). The number of rotatable bonds is 2. The van der Waals surface area contributed by atoms with Crippen LogP contribution in [0, 0.1) is 4.91 Å². The summed E-state index contributed by atoms with van der Waals surface area (Å²) in [7, 11) is 0. The molecule has 1 aliphatic heterocycles. The highest BCUT2D eigenvalue weighted by Crippen LogP contribution is 2.02. The van der Waals surface area contributed by atoms with Crippen LogP contribution in [0.2, 0.25) is 0 Å². The molecule has 0 radical (unpaired) electrons. The number of hydrogen-bond donors (Lipinski definition) is 1. The lowest BCUT2D eigenvalue weighted by Gasteiger charge is -2.31. The summed E-state index contributed by atoms with van der Waals surface area (Å²) in [5.74, 6) is 0. The molecule has 1 aliphatic rings. The minimum absolute atomic E-state index is 0.0643. The molecule has 6 nitrogen and oxygen atoms in total. The summed E-state index contributed by atoms with van der Waals surface area (Å²) in [6, 6.07) is 0.0790. The summed E-state index contributed by atoms with van der Waals surface area (Å²) in [5.41, 5.74) is 0. The van der Waals surface area contributed by atoms with Crippen molar-refractivity contribution in [1.29, 1.82) is 0 Å². The zero-order chi connectivity index (χ0) is 10.6. The van der Waals surface area contributed by atoms with Crippen molar-refractivity contribution in [2.24, 2.45) is 5.29 Å². The molecule has 2 amide bonds. The van der Waals surface area contributed by atoms with Crippen molar-refractivity contribution in [1.82, 2.24) is 15.2 Å². The van der Waals surface area contributed by atoms with Crippen molar-refractivity contribution in [3.05, 3.63) is 4.91 Å². The van der Waals surface area contributed by atoms with E-state index in [0.717, 1.165) is 0 Å². The highest BCUT2D eigenvalue weighted by Gasteiger charge is 2.20. The molecule has 0 spiro atoms. The summed E-state index contributed by atoms with van der Waals surface area (Å²) in [4.78, 5) is 23.4. The molecule has 14 heavy (non-hydrogen) atoms. The van der Waals surface area contributed by atoms with E-state index in [0.29, 0.717) is 26.2 Å². The van der Waals surface area contributed by atoms with E-state index < -0.39 is 0 Å². The third-order valence-electron chi connectivity index (χ3n) is 2.07. The van der Waals surface area contributed by atoms with Gasteiger partial charge in [0, 0.05) is 19.1 Å². The molecule has 0 bridgehead atoms. The second-order valence-corrected chi connectivity index (χ2v) is 3.63. The average molecular weight is 200 g/mol. The molecule has 0 aromatic rings. The first-order valence-electron chi connectivity index (χ1n) is 4.77. The molecule has 0 aromatic carbocycles. The van der Waals surface area contributed by atoms with Crippen LogP contribution in [0.5, 0.6) is 0 Å². The zero-order valence-electron chi connectivity index (χ0n) is 8.56. The van der Waals surface area contributed by atoms with Crippen molar-refractivity contribution < 1.29 is 4.79 Å². The smallest absolute Gasteiger partial charge is 0.317 e. The van der Waals surface area contributed by atoms with Crippen molar-refractivity contribution in [3.63, 3.8) is 0 Å². The highest BCUT2D eigenvalue weighted by atomic mass is 16.3. The Bertz CT molecular complexity index is 211. The highest BCUT2D eigenvalue weighted by molar-refractivity contribution is 5.74. The van der Waals surface area contributed by atoms with Crippen LogP contribution in [-0.4, -0.2) is 48.2 Å². The topological polar surface area (TPSA) is 65.0 Å². The van der Waals surface area contributed by atoms with Gasteiger partial charge in [-0.05, 0) is 13.8 Å². The normalized spacial score (nSPS) is 17.1. The number of nitroso groups, excluding NO2 is 1. The van der Waals surface area contributed by atoms with Gasteiger partial charge in [-0.2, -0.15) is 0 Å². The molecule has 1 N–H and O–H groups in total. The Morgan fingerprint density at radius 1 is 1.29 bits per heavy atom. The van der Waals surface area contributed by atoms with E-state index in [1.54, 1.807) is 4.90 Å². The Morgan fingerprint density at radius 3 is 2.29 bits per heavy atom. The van der Waals surface area contributed by atoms with E-state index in [1.807, 2.05) is 13.8 Å². The first-order valence-corrected chi connectivity index (χ1v) is 4.77. The molecule has 6 heteroatoms. The van der Waals surface area contributed by atoms with E-state index >= 15 is 0 Å². The van der Waals surface area contributed by atoms with E-state index in [-0.39, 0.29) is 12.1 Å². The Morgan fingerprint density at radius 2 is 1.86 bits per heavy atom. The van der Waals surface area contributed by atoms with E-state index in [4.69, 9.17) is 0 Å². The molecular formula is C8H16N4O2. The first-order chi connectivity index (χ1) is 6.63. The minimum Gasteiger partial charge on any atom is -0.336 e. The largest absolute Gasteiger partial charge is 0.336 e. The summed E-state index contributed by atoms with van der Waals surface area (Å²) in [5, 5.41) is 7.06. The van der Waals surface area contributed by atoms with Gasteiger partial charge in [0.05, 0.1) is 18.4 Å². The van der Waals surface area contributed by atoms with Crippen molar-refractivity contribution in [2.75, 3.05) is 26.2 Å². The average Bonchev–Trinajstić information content (AvgIpc) is 2.17. The maximum atomic E-state index is 11.5. The summed E-state index contributed by atoms with van der Waals surface area (Å²) in [6.45, 7) is 6.00. The molecule has 1 heterocycles. The van der Waals surface area contributed by atoms with Crippen molar-refractivity contribution in [3.8, 4) is 0 Å². The lowest BCUT2D eigenvalue weighted by molar-refractivity contribution is 0.139. The Balaban J connectivity index is 2.34. The van der Waals surface area contributed by atoms with Crippen molar-refractivity contribution in [2.45, 2.75) is 19.9 Å². The summed E-state index contributed by atoms with van der Waals surface area (Å²) < 4.78 is 0. The lowest BCUT2D eigenvalue weighted by Crippen LogP contribution is -2.51. The maximum absolute atomic E-state index is 11.5. The third kappa shape index (κ3) is 2.86. The van der Waals surface area contributed by atoms with Gasteiger partial charge in [0.25, 0.3) is 0 Å². The number of piperazine rings is 1. The van der Waals surface area contributed by atoms with Crippen LogP contribution in [-0.2, 0) is 0 Å². The van der Waals surface area contributed by atoms with Crippen LogP contribution in [0.1, 0.15) is 13.8 Å². The fourth-order valence-electron chi connectivity index (χ4n) is 1.32. The zero-order valence-corrected chi connectivity index (χ0v) is 8.56. The van der Waals surface area contributed by atoms with Gasteiger partial charge in [0.2, 0.25) is 0 Å². The number of nitrogens with zero attached hydrogens (tertiary/aromatic N) is 3. The van der Waals surface area contributed by atoms with E-state index in [1.165, 1.54) is 5.01 Å². The van der Waals surface area contributed by atoms with Gasteiger partial charge in [-0.25, -0.2) is 4.79 Å². The third-order valence-corrected chi connectivity index (χ3v) is 2.07. The summed E-state index contributed by atoms with van der Waals surface area (Å²) in [6.07, 6.45) is 0. The molecule has 0 unspecified atom stereocenters. The molecule has 0 saturated carbocycles. The van der Waals surface area contributed by atoms with E-state index in [9.17, 15) is 9.70 Å². The lowest BCUT2D eigenvalue weighted by atomic mass is 10.3. The van der Waals surface area contributed by atoms with Gasteiger partial charge in [-0.1, -0.05) is 0 Å². The van der Waals surface area contributed by atoms with Gasteiger partial charge >= 0.3 is 6.03 Å². The van der Waals surface area contributed by atoms with Gasteiger partial charge in [0.1, 0.15) is 0 Å². The Kier molecular flexibility index (Phi) is 3.67. The predicted octanol–water partition coefficient (Wildman–Crippen LogP) is 0.403. The SMILES string of the molecule is CC(C)NC(=O)N1CCN(N=O)CC1. The fraction of sp³-hybridized carbons (Fsp3) is 0.875. The minimum atomic E-state index is -0.0643. The van der Waals surface area contributed by atoms with Crippen LogP contribution >= 0.6 is 0 Å². The molecule has 80 valence electrons. The van der Waals surface area contributed by atoms with Crippen LogP contribution in [0.25, 0.3) is 0 Å². The number of carbonyl (C=O) groups excluding carboxylic acids is 1. The number of carbonyl (C=O) groups is 1. The van der Waals surface area contributed by atoms with Gasteiger partial charge in [0.15, 0.2) is 0 Å². The molecule has 0 atom stereocenters. The van der Waals surface area contributed by atoms with Crippen molar-refractivity contribution >= 4 is 6.03 Å². The van der Waals surface area contributed by atoms with Crippen LogP contribution in [0.4, 0.5) is 4.79 Å². The number of nitrogens with one attached hydrogen (secondary N) is 1. The van der Waals surface area contributed by atoms with Gasteiger partial charge in [-0.3, -0.25) is 5.01 Å². The first kappa shape index (κ1) is 10.7. The monoisotopic (exact) mass is 200 g/mol. The second kappa shape index (κ2) is 4.78. The number of urea groups is 1. The molecular weight excluding hydrogens is 184 g/mol. The number of hydrogen-bond acceptors (Lipinski definition) is 3. The molecule has 1 fully saturated rings. The quantitative estimate of drug-likeness (QED) is 0.656. The van der Waals surface area contributed by atoms with Gasteiger partial charge < -0.3 is 10.2 Å². The predicted molar refractivity (Wildman–Crippen MR) is 52.6 cm³/mol. The fourth-order valence-corrected chi connectivity index (χ4v) is 1.32. The molecule has 1 saturated heterocycles.